The van der Waals surface area contributed by atoms with Gasteiger partial charge in [0.15, 0.2) is 0 Å². The standard InChI is InChI=1S/C22H20N2O2/c1-15-8-10-17(11-9-15)22(25)24-20(18-6-3-5-16(2)13-18)14-19(23-24)21-7-4-12-26-21/h3-13,20H,14H2,1-2H3/t20-/m0/s1. The van der Waals surface area contributed by atoms with Crippen LogP contribution in [0, 0.1) is 13.8 Å². The molecule has 4 rings (SSSR count). The normalized spacial score (nSPS) is 16.6. The van der Waals surface area contributed by atoms with E-state index in [-0.39, 0.29) is 11.9 Å². The first-order valence-corrected chi connectivity index (χ1v) is 8.70. The minimum atomic E-state index is -0.135. The zero-order valence-electron chi connectivity index (χ0n) is 14.8. The lowest BCUT2D eigenvalue weighted by Gasteiger charge is -2.22. The number of nitrogens with zero attached hydrogens (tertiary/aromatic N) is 2. The van der Waals surface area contributed by atoms with Gasteiger partial charge in [-0.1, -0.05) is 47.5 Å². The van der Waals surface area contributed by atoms with Crippen LogP contribution in [-0.4, -0.2) is 16.6 Å². The number of benzene rings is 2. The highest BCUT2D eigenvalue weighted by Crippen LogP contribution is 2.34. The quantitative estimate of drug-likeness (QED) is 0.679. The van der Waals surface area contributed by atoms with E-state index in [0.29, 0.717) is 17.7 Å². The van der Waals surface area contributed by atoms with E-state index in [9.17, 15) is 4.79 Å². The van der Waals surface area contributed by atoms with Gasteiger partial charge in [0, 0.05) is 12.0 Å². The molecule has 2 aromatic carbocycles. The lowest BCUT2D eigenvalue weighted by Crippen LogP contribution is -2.27. The Morgan fingerprint density at radius 2 is 1.85 bits per heavy atom. The Morgan fingerprint density at radius 1 is 1.04 bits per heavy atom. The molecule has 0 bridgehead atoms. The summed E-state index contributed by atoms with van der Waals surface area (Å²) in [5, 5.41) is 6.22. The van der Waals surface area contributed by atoms with Crippen LogP contribution in [0.1, 0.15) is 45.3 Å². The fraction of sp³-hybridized carbons (Fsp3) is 0.182. The van der Waals surface area contributed by atoms with Crippen molar-refractivity contribution in [2.75, 3.05) is 0 Å². The van der Waals surface area contributed by atoms with E-state index in [0.717, 1.165) is 22.4 Å². The minimum absolute atomic E-state index is 0.0990. The van der Waals surface area contributed by atoms with Crippen molar-refractivity contribution >= 4 is 11.6 Å². The van der Waals surface area contributed by atoms with Crippen LogP contribution in [0.2, 0.25) is 0 Å². The fourth-order valence-corrected chi connectivity index (χ4v) is 3.25. The summed E-state index contributed by atoms with van der Waals surface area (Å²) in [5.41, 5.74) is 4.80. The summed E-state index contributed by atoms with van der Waals surface area (Å²) in [7, 11) is 0. The van der Waals surface area contributed by atoms with Crippen LogP contribution in [0.5, 0.6) is 0 Å². The van der Waals surface area contributed by atoms with Gasteiger partial charge in [0.25, 0.3) is 5.91 Å². The smallest absolute Gasteiger partial charge is 0.274 e. The highest BCUT2D eigenvalue weighted by molar-refractivity contribution is 6.03. The van der Waals surface area contributed by atoms with Gasteiger partial charge < -0.3 is 4.42 Å². The van der Waals surface area contributed by atoms with Gasteiger partial charge in [-0.2, -0.15) is 5.10 Å². The second kappa shape index (κ2) is 6.64. The molecule has 4 nitrogen and oxygen atoms in total. The van der Waals surface area contributed by atoms with E-state index in [1.807, 2.05) is 55.5 Å². The third kappa shape index (κ3) is 3.06. The van der Waals surface area contributed by atoms with Crippen LogP contribution in [0.25, 0.3) is 0 Å². The third-order valence-corrected chi connectivity index (χ3v) is 4.65. The molecule has 0 saturated heterocycles. The molecule has 26 heavy (non-hydrogen) atoms. The molecule has 0 aliphatic carbocycles. The molecule has 1 amide bonds. The summed E-state index contributed by atoms with van der Waals surface area (Å²) in [5.74, 6) is 0.611. The first kappa shape index (κ1) is 16.3. The van der Waals surface area contributed by atoms with Crippen molar-refractivity contribution < 1.29 is 9.21 Å². The van der Waals surface area contributed by atoms with Crippen LogP contribution in [0.4, 0.5) is 0 Å². The van der Waals surface area contributed by atoms with E-state index >= 15 is 0 Å². The van der Waals surface area contributed by atoms with Crippen LogP contribution in [0.3, 0.4) is 0 Å². The summed E-state index contributed by atoms with van der Waals surface area (Å²) in [6, 6.07) is 19.4. The maximum absolute atomic E-state index is 13.1. The Morgan fingerprint density at radius 3 is 2.54 bits per heavy atom. The second-order valence-electron chi connectivity index (χ2n) is 6.67. The highest BCUT2D eigenvalue weighted by Gasteiger charge is 2.34. The van der Waals surface area contributed by atoms with Gasteiger partial charge in [-0.05, 0) is 43.7 Å². The maximum Gasteiger partial charge on any atom is 0.274 e. The van der Waals surface area contributed by atoms with Crippen molar-refractivity contribution in [2.24, 2.45) is 5.10 Å². The van der Waals surface area contributed by atoms with Crippen LogP contribution >= 0.6 is 0 Å². The highest BCUT2D eigenvalue weighted by atomic mass is 16.3. The predicted octanol–water partition coefficient (Wildman–Crippen LogP) is 4.89. The van der Waals surface area contributed by atoms with Crippen molar-refractivity contribution in [2.45, 2.75) is 26.3 Å². The van der Waals surface area contributed by atoms with E-state index in [2.05, 4.69) is 24.2 Å². The third-order valence-electron chi connectivity index (χ3n) is 4.65. The molecule has 130 valence electrons. The Kier molecular flexibility index (Phi) is 4.17. The number of aryl methyl sites for hydroxylation is 2. The van der Waals surface area contributed by atoms with Crippen LogP contribution < -0.4 is 0 Å². The monoisotopic (exact) mass is 344 g/mol. The number of furan rings is 1. The molecule has 0 radical (unpaired) electrons. The average Bonchev–Trinajstić information content (AvgIpc) is 3.31. The molecular formula is C22H20N2O2. The number of rotatable bonds is 3. The van der Waals surface area contributed by atoms with Crippen molar-refractivity contribution in [1.29, 1.82) is 0 Å². The molecule has 0 unspecified atom stereocenters. The molecule has 0 saturated carbocycles. The Balaban J connectivity index is 1.73. The van der Waals surface area contributed by atoms with Gasteiger partial charge >= 0.3 is 0 Å². The van der Waals surface area contributed by atoms with Crippen molar-refractivity contribution in [3.05, 3.63) is 94.9 Å². The topological polar surface area (TPSA) is 45.8 Å². The lowest BCUT2D eigenvalue weighted by molar-refractivity contribution is 0.0711. The van der Waals surface area contributed by atoms with E-state index in [1.165, 1.54) is 0 Å². The Bertz CT molecular complexity index is 956. The van der Waals surface area contributed by atoms with Crippen LogP contribution in [-0.2, 0) is 0 Å². The molecule has 4 heteroatoms. The van der Waals surface area contributed by atoms with Crippen molar-refractivity contribution in [3.8, 4) is 0 Å². The number of hydrogen-bond acceptors (Lipinski definition) is 3. The largest absolute Gasteiger partial charge is 0.463 e. The van der Waals surface area contributed by atoms with Gasteiger partial charge in [-0.15, -0.1) is 0 Å². The van der Waals surface area contributed by atoms with Crippen LogP contribution in [0.15, 0.2) is 76.4 Å². The molecule has 1 aliphatic heterocycles. The number of amides is 1. The molecule has 0 N–H and O–H groups in total. The minimum Gasteiger partial charge on any atom is -0.463 e. The number of hydrazone groups is 1. The Hall–Kier alpha value is -3.14. The number of carbonyl (C=O) groups excluding carboxylic acids is 1. The first-order valence-electron chi connectivity index (χ1n) is 8.70. The zero-order valence-corrected chi connectivity index (χ0v) is 14.8. The fourth-order valence-electron chi connectivity index (χ4n) is 3.25. The molecule has 0 fully saturated rings. The summed E-state index contributed by atoms with van der Waals surface area (Å²) >= 11 is 0. The molecule has 0 spiro atoms. The lowest BCUT2D eigenvalue weighted by atomic mass is 9.99. The van der Waals surface area contributed by atoms with Gasteiger partial charge in [0.05, 0.1) is 12.3 Å². The summed E-state index contributed by atoms with van der Waals surface area (Å²) in [4.78, 5) is 13.1. The maximum atomic E-state index is 13.1. The summed E-state index contributed by atoms with van der Waals surface area (Å²) < 4.78 is 5.51. The molecule has 1 atom stereocenters. The Labute approximate surface area is 152 Å². The first-order chi connectivity index (χ1) is 12.6. The van der Waals surface area contributed by atoms with Gasteiger partial charge in [0.2, 0.25) is 0 Å². The van der Waals surface area contributed by atoms with Crippen molar-refractivity contribution in [3.63, 3.8) is 0 Å². The molecule has 1 aliphatic rings. The molecule has 3 aromatic rings. The van der Waals surface area contributed by atoms with Gasteiger partial charge in [-0.3, -0.25) is 4.79 Å². The molecule has 1 aromatic heterocycles. The summed E-state index contributed by atoms with van der Waals surface area (Å²) in [6.45, 7) is 4.06. The number of carbonyl (C=O) groups is 1. The number of hydrogen-bond donors (Lipinski definition) is 0. The predicted molar refractivity (Wildman–Crippen MR) is 101 cm³/mol. The van der Waals surface area contributed by atoms with Crippen molar-refractivity contribution in [1.82, 2.24) is 5.01 Å². The molecular weight excluding hydrogens is 324 g/mol. The van der Waals surface area contributed by atoms with Gasteiger partial charge in [0.1, 0.15) is 11.5 Å². The molecule has 2 heterocycles. The second-order valence-corrected chi connectivity index (χ2v) is 6.67. The van der Waals surface area contributed by atoms with E-state index in [4.69, 9.17) is 4.42 Å². The zero-order chi connectivity index (χ0) is 18.1. The SMILES string of the molecule is Cc1ccc(C(=O)N2N=C(c3ccco3)C[C@H]2c2cccc(C)c2)cc1. The van der Waals surface area contributed by atoms with Gasteiger partial charge in [-0.25, -0.2) is 5.01 Å². The average molecular weight is 344 g/mol. The van der Waals surface area contributed by atoms with E-state index < -0.39 is 0 Å². The van der Waals surface area contributed by atoms with E-state index in [1.54, 1.807) is 11.3 Å². The summed E-state index contributed by atoms with van der Waals surface area (Å²) in [6.07, 6.45) is 2.26.